The van der Waals surface area contributed by atoms with Gasteiger partial charge in [-0.1, -0.05) is 48.9 Å². The van der Waals surface area contributed by atoms with Gasteiger partial charge in [0.15, 0.2) is 0 Å². The monoisotopic (exact) mass is 267 g/mol. The van der Waals surface area contributed by atoms with Crippen LogP contribution in [0.5, 0.6) is 0 Å². The lowest BCUT2D eigenvalue weighted by atomic mass is 10.1. The summed E-state index contributed by atoms with van der Waals surface area (Å²) >= 11 is 0. The van der Waals surface area contributed by atoms with Gasteiger partial charge >= 0.3 is 0 Å². The molecule has 20 heavy (non-hydrogen) atoms. The van der Waals surface area contributed by atoms with E-state index in [1.807, 2.05) is 31.2 Å². The second-order valence-corrected chi connectivity index (χ2v) is 4.70. The van der Waals surface area contributed by atoms with Crippen LogP contribution < -0.4 is 5.32 Å². The molecule has 0 aliphatic rings. The minimum Gasteiger partial charge on any atom is -0.319 e. The Morgan fingerprint density at radius 2 is 1.55 bits per heavy atom. The van der Waals surface area contributed by atoms with Gasteiger partial charge in [-0.25, -0.2) is 0 Å². The van der Waals surface area contributed by atoms with E-state index in [4.69, 9.17) is 0 Å². The molecule has 0 fully saturated rings. The van der Waals surface area contributed by atoms with E-state index in [2.05, 4.69) is 12.2 Å². The Morgan fingerprint density at radius 3 is 2.10 bits per heavy atom. The largest absolute Gasteiger partial charge is 0.319 e. The van der Waals surface area contributed by atoms with Crippen LogP contribution >= 0.6 is 0 Å². The van der Waals surface area contributed by atoms with Crippen molar-refractivity contribution in [1.82, 2.24) is 0 Å². The van der Waals surface area contributed by atoms with Crippen LogP contribution in [0.2, 0.25) is 0 Å². The minimum atomic E-state index is -0.613. The number of aryl methyl sites for hydroxylation is 2. The van der Waals surface area contributed by atoms with Gasteiger partial charge in [0.1, 0.15) is 0 Å². The fraction of sp³-hybridized carbons (Fsp3) is 0.176. The lowest BCUT2D eigenvalue weighted by molar-refractivity contribution is -0.112. The molecular weight excluding hydrogens is 250 g/mol. The average Bonchev–Trinajstić information content (AvgIpc) is 2.48. The Labute approximate surface area is 118 Å². The quantitative estimate of drug-likeness (QED) is 0.682. The highest BCUT2D eigenvalue weighted by molar-refractivity contribution is 6.46. The van der Waals surface area contributed by atoms with Gasteiger partial charge in [0, 0.05) is 11.3 Å². The fourth-order valence-corrected chi connectivity index (χ4v) is 1.85. The van der Waals surface area contributed by atoms with E-state index in [1.54, 1.807) is 24.3 Å². The summed E-state index contributed by atoms with van der Waals surface area (Å²) in [4.78, 5) is 23.9. The number of carbonyl (C=O) groups is 2. The van der Waals surface area contributed by atoms with Crippen molar-refractivity contribution < 1.29 is 9.59 Å². The van der Waals surface area contributed by atoms with Crippen LogP contribution in [0, 0.1) is 6.92 Å². The maximum absolute atomic E-state index is 12.0. The Balaban J connectivity index is 2.07. The molecule has 0 saturated heterocycles. The molecular formula is C17H17NO2. The summed E-state index contributed by atoms with van der Waals surface area (Å²) in [6.07, 6.45) is 0.941. The number of amides is 1. The summed E-state index contributed by atoms with van der Waals surface area (Å²) in [5.74, 6) is -1.14. The van der Waals surface area contributed by atoms with Crippen molar-refractivity contribution in [3.8, 4) is 0 Å². The molecule has 0 spiro atoms. The third-order valence-corrected chi connectivity index (χ3v) is 3.14. The van der Waals surface area contributed by atoms with Crippen LogP contribution in [-0.2, 0) is 11.2 Å². The van der Waals surface area contributed by atoms with E-state index in [0.717, 1.165) is 12.0 Å². The maximum Gasteiger partial charge on any atom is 0.296 e. The van der Waals surface area contributed by atoms with E-state index in [-0.39, 0.29) is 0 Å². The van der Waals surface area contributed by atoms with Crippen LogP contribution in [-0.4, -0.2) is 11.7 Å². The van der Waals surface area contributed by atoms with Crippen molar-refractivity contribution >= 4 is 17.4 Å². The predicted octanol–water partition coefficient (Wildman–Crippen LogP) is 3.38. The van der Waals surface area contributed by atoms with E-state index >= 15 is 0 Å². The lowest BCUT2D eigenvalue weighted by Crippen LogP contribution is -2.22. The molecule has 0 atom stereocenters. The summed E-state index contributed by atoms with van der Waals surface area (Å²) in [6.45, 7) is 4.00. The molecule has 0 aliphatic carbocycles. The topological polar surface area (TPSA) is 46.2 Å². The molecule has 3 nitrogen and oxygen atoms in total. The van der Waals surface area contributed by atoms with Crippen molar-refractivity contribution in [3.63, 3.8) is 0 Å². The van der Waals surface area contributed by atoms with Crippen molar-refractivity contribution in [1.29, 1.82) is 0 Å². The smallest absolute Gasteiger partial charge is 0.296 e. The molecule has 2 aromatic rings. The van der Waals surface area contributed by atoms with E-state index in [0.29, 0.717) is 11.3 Å². The third kappa shape index (κ3) is 3.32. The standard InChI is InChI=1S/C17H17NO2/c1-3-13-6-10-15(11-7-13)18-17(20)16(19)14-8-4-12(2)5-9-14/h4-11H,3H2,1-2H3,(H,18,20). The molecule has 0 aliphatic heterocycles. The van der Waals surface area contributed by atoms with Gasteiger partial charge in [-0.2, -0.15) is 0 Å². The maximum atomic E-state index is 12.0. The fourth-order valence-electron chi connectivity index (χ4n) is 1.85. The molecule has 0 heterocycles. The van der Waals surface area contributed by atoms with Crippen LogP contribution in [0.4, 0.5) is 5.69 Å². The lowest BCUT2D eigenvalue weighted by Gasteiger charge is -2.05. The predicted molar refractivity (Wildman–Crippen MR) is 80.0 cm³/mol. The minimum absolute atomic E-state index is 0.401. The van der Waals surface area contributed by atoms with Crippen molar-refractivity contribution in [2.45, 2.75) is 20.3 Å². The van der Waals surface area contributed by atoms with E-state index < -0.39 is 11.7 Å². The van der Waals surface area contributed by atoms with Crippen LogP contribution in [0.3, 0.4) is 0 Å². The van der Waals surface area contributed by atoms with Crippen LogP contribution in [0.25, 0.3) is 0 Å². The summed E-state index contributed by atoms with van der Waals surface area (Å²) in [7, 11) is 0. The molecule has 102 valence electrons. The Bertz CT molecular complexity index is 612. The zero-order chi connectivity index (χ0) is 14.5. The highest BCUT2D eigenvalue weighted by Gasteiger charge is 2.15. The molecule has 3 heteroatoms. The first-order valence-electron chi connectivity index (χ1n) is 6.61. The number of hydrogen-bond donors (Lipinski definition) is 1. The van der Waals surface area contributed by atoms with Gasteiger partial charge < -0.3 is 5.32 Å². The van der Waals surface area contributed by atoms with Crippen molar-refractivity contribution in [2.75, 3.05) is 5.32 Å². The number of anilines is 1. The molecule has 0 aromatic heterocycles. The van der Waals surface area contributed by atoms with Crippen LogP contribution in [0.15, 0.2) is 48.5 Å². The number of Topliss-reactive ketones (excluding diaryl/α,β-unsaturated/α-hetero) is 1. The van der Waals surface area contributed by atoms with E-state index in [9.17, 15) is 9.59 Å². The number of hydrogen-bond acceptors (Lipinski definition) is 2. The normalized spacial score (nSPS) is 10.1. The van der Waals surface area contributed by atoms with Gasteiger partial charge in [0.25, 0.3) is 11.7 Å². The number of nitrogens with one attached hydrogen (secondary N) is 1. The number of carbonyl (C=O) groups excluding carboxylic acids is 2. The van der Waals surface area contributed by atoms with Gasteiger partial charge in [-0.3, -0.25) is 9.59 Å². The molecule has 1 amide bonds. The first kappa shape index (κ1) is 14.0. The second kappa shape index (κ2) is 6.15. The summed E-state index contributed by atoms with van der Waals surface area (Å²) in [5, 5.41) is 2.62. The second-order valence-electron chi connectivity index (χ2n) is 4.70. The summed E-state index contributed by atoms with van der Waals surface area (Å²) < 4.78 is 0. The number of ketones is 1. The Hall–Kier alpha value is -2.42. The van der Waals surface area contributed by atoms with Crippen molar-refractivity contribution in [2.24, 2.45) is 0 Å². The highest BCUT2D eigenvalue weighted by atomic mass is 16.2. The first-order valence-corrected chi connectivity index (χ1v) is 6.61. The molecule has 2 rings (SSSR count). The van der Waals surface area contributed by atoms with Gasteiger partial charge in [0.05, 0.1) is 0 Å². The summed E-state index contributed by atoms with van der Waals surface area (Å²) in [6, 6.07) is 14.4. The zero-order valence-electron chi connectivity index (χ0n) is 11.6. The van der Waals surface area contributed by atoms with Gasteiger partial charge in [0.2, 0.25) is 0 Å². The van der Waals surface area contributed by atoms with Crippen molar-refractivity contribution in [3.05, 3.63) is 65.2 Å². The number of rotatable bonds is 4. The molecule has 0 radical (unpaired) electrons. The molecule has 0 saturated carbocycles. The SMILES string of the molecule is CCc1ccc(NC(=O)C(=O)c2ccc(C)cc2)cc1. The number of benzene rings is 2. The van der Waals surface area contributed by atoms with Crippen LogP contribution in [0.1, 0.15) is 28.4 Å². The first-order chi connectivity index (χ1) is 9.60. The van der Waals surface area contributed by atoms with Gasteiger partial charge in [-0.15, -0.1) is 0 Å². The summed E-state index contributed by atoms with van der Waals surface area (Å²) in [5.41, 5.74) is 3.27. The Kier molecular flexibility index (Phi) is 4.31. The molecule has 2 aromatic carbocycles. The molecule has 0 unspecified atom stereocenters. The third-order valence-electron chi connectivity index (χ3n) is 3.14. The van der Waals surface area contributed by atoms with E-state index in [1.165, 1.54) is 5.56 Å². The average molecular weight is 267 g/mol. The Morgan fingerprint density at radius 1 is 0.950 bits per heavy atom. The highest BCUT2D eigenvalue weighted by Crippen LogP contribution is 2.11. The molecule has 0 bridgehead atoms. The van der Waals surface area contributed by atoms with Gasteiger partial charge in [-0.05, 0) is 31.0 Å². The molecule has 1 N–H and O–H groups in total. The zero-order valence-corrected chi connectivity index (χ0v) is 11.6.